The first-order chi connectivity index (χ1) is 13.6. The van der Waals surface area contributed by atoms with Gasteiger partial charge in [-0.05, 0) is 44.2 Å². The molecule has 0 saturated heterocycles. The van der Waals surface area contributed by atoms with E-state index in [9.17, 15) is 4.39 Å². The van der Waals surface area contributed by atoms with Crippen molar-refractivity contribution in [3.8, 4) is 22.8 Å². The van der Waals surface area contributed by atoms with E-state index in [1.165, 1.54) is 29.5 Å². The summed E-state index contributed by atoms with van der Waals surface area (Å²) in [6, 6.07) is 14.2. The van der Waals surface area contributed by atoms with E-state index in [0.717, 1.165) is 23.1 Å². The summed E-state index contributed by atoms with van der Waals surface area (Å²) in [5.74, 6) is 1.86. The quantitative estimate of drug-likeness (QED) is 0.439. The smallest absolute Gasteiger partial charge is 0.247 e. The van der Waals surface area contributed by atoms with Crippen LogP contribution in [0.15, 0.2) is 58.1 Å². The van der Waals surface area contributed by atoms with Gasteiger partial charge < -0.3 is 8.98 Å². The van der Waals surface area contributed by atoms with E-state index in [1.54, 1.807) is 12.1 Å². The highest BCUT2D eigenvalue weighted by Gasteiger charge is 2.15. The van der Waals surface area contributed by atoms with Crippen LogP contribution in [0, 0.1) is 12.7 Å². The first-order valence-electron chi connectivity index (χ1n) is 8.85. The zero-order valence-electron chi connectivity index (χ0n) is 15.5. The molecule has 2 aromatic heterocycles. The third kappa shape index (κ3) is 3.82. The summed E-state index contributed by atoms with van der Waals surface area (Å²) in [7, 11) is 0. The molecule has 0 aliphatic rings. The number of hydrogen-bond acceptors (Lipinski definition) is 6. The maximum atomic E-state index is 13.0. The summed E-state index contributed by atoms with van der Waals surface area (Å²) in [4.78, 5) is 0. The second-order valence-electron chi connectivity index (χ2n) is 6.22. The van der Waals surface area contributed by atoms with Gasteiger partial charge in [-0.3, -0.25) is 0 Å². The van der Waals surface area contributed by atoms with Crippen LogP contribution >= 0.6 is 11.8 Å². The summed E-state index contributed by atoms with van der Waals surface area (Å²) < 4.78 is 20.8. The SMILES string of the molecule is CCn1c(SCc2nnc(-c3ccc(F)cc3)o2)nnc1-c1cccc(C)c1. The second-order valence-corrected chi connectivity index (χ2v) is 7.16. The number of aryl methyl sites for hydroxylation is 1. The fraction of sp³-hybridized carbons (Fsp3) is 0.200. The van der Waals surface area contributed by atoms with Crippen LogP contribution in [-0.2, 0) is 12.3 Å². The normalized spacial score (nSPS) is 11.1. The molecule has 0 bridgehead atoms. The van der Waals surface area contributed by atoms with Gasteiger partial charge >= 0.3 is 0 Å². The molecule has 4 rings (SSSR count). The van der Waals surface area contributed by atoms with E-state index in [0.29, 0.717) is 23.1 Å². The van der Waals surface area contributed by atoms with Gasteiger partial charge in [0.15, 0.2) is 11.0 Å². The molecular formula is C20H18FN5OS. The third-order valence-electron chi connectivity index (χ3n) is 4.19. The lowest BCUT2D eigenvalue weighted by molar-refractivity contribution is 0.528. The number of rotatable bonds is 6. The van der Waals surface area contributed by atoms with Gasteiger partial charge in [-0.1, -0.05) is 35.5 Å². The van der Waals surface area contributed by atoms with Crippen molar-refractivity contribution >= 4 is 11.8 Å². The fourth-order valence-corrected chi connectivity index (χ4v) is 3.66. The van der Waals surface area contributed by atoms with Crippen molar-refractivity contribution in [2.24, 2.45) is 0 Å². The maximum absolute atomic E-state index is 13.0. The van der Waals surface area contributed by atoms with E-state index in [4.69, 9.17) is 4.42 Å². The molecule has 0 radical (unpaired) electrons. The number of thioether (sulfide) groups is 1. The summed E-state index contributed by atoms with van der Waals surface area (Å²) >= 11 is 1.49. The Labute approximate surface area is 165 Å². The first-order valence-corrected chi connectivity index (χ1v) is 9.84. The van der Waals surface area contributed by atoms with Gasteiger partial charge in [0.2, 0.25) is 11.8 Å². The van der Waals surface area contributed by atoms with E-state index < -0.39 is 0 Å². The van der Waals surface area contributed by atoms with Crippen LogP contribution < -0.4 is 0 Å². The van der Waals surface area contributed by atoms with Gasteiger partial charge in [-0.2, -0.15) is 0 Å². The van der Waals surface area contributed by atoms with Crippen LogP contribution in [0.1, 0.15) is 18.4 Å². The van der Waals surface area contributed by atoms with E-state index in [-0.39, 0.29) is 5.82 Å². The number of nitrogens with zero attached hydrogens (tertiary/aromatic N) is 5. The minimum Gasteiger partial charge on any atom is -0.420 e. The zero-order valence-corrected chi connectivity index (χ0v) is 16.3. The van der Waals surface area contributed by atoms with Crippen molar-refractivity contribution in [1.82, 2.24) is 25.0 Å². The zero-order chi connectivity index (χ0) is 19.5. The summed E-state index contributed by atoms with van der Waals surface area (Å²) in [6.07, 6.45) is 0. The molecule has 0 aliphatic heterocycles. The molecule has 4 aromatic rings. The minimum atomic E-state index is -0.303. The second kappa shape index (κ2) is 7.93. The van der Waals surface area contributed by atoms with Gasteiger partial charge in [0, 0.05) is 17.7 Å². The molecule has 6 nitrogen and oxygen atoms in total. The molecule has 0 spiro atoms. The van der Waals surface area contributed by atoms with Gasteiger partial charge in [-0.15, -0.1) is 20.4 Å². The Morgan fingerprint density at radius 1 is 1.00 bits per heavy atom. The highest BCUT2D eigenvalue weighted by Crippen LogP contribution is 2.27. The van der Waals surface area contributed by atoms with Crippen LogP contribution in [0.2, 0.25) is 0 Å². The molecule has 28 heavy (non-hydrogen) atoms. The van der Waals surface area contributed by atoms with Gasteiger partial charge in [0.1, 0.15) is 5.82 Å². The molecule has 0 aliphatic carbocycles. The maximum Gasteiger partial charge on any atom is 0.247 e. The lowest BCUT2D eigenvalue weighted by Crippen LogP contribution is -2.00. The summed E-state index contributed by atoms with van der Waals surface area (Å²) in [6.45, 7) is 4.87. The predicted molar refractivity (Wildman–Crippen MR) is 105 cm³/mol. The topological polar surface area (TPSA) is 69.6 Å². The highest BCUT2D eigenvalue weighted by molar-refractivity contribution is 7.98. The molecule has 2 aromatic carbocycles. The van der Waals surface area contributed by atoms with Crippen LogP contribution in [0.5, 0.6) is 0 Å². The van der Waals surface area contributed by atoms with E-state index in [2.05, 4.69) is 50.9 Å². The first kappa shape index (κ1) is 18.4. The standard InChI is InChI=1S/C20H18FN5OS/c1-3-26-18(15-6-4-5-13(2)11-15)23-25-20(26)28-12-17-22-24-19(27-17)14-7-9-16(21)10-8-14/h4-11H,3,12H2,1-2H3. The van der Waals surface area contributed by atoms with Gasteiger partial charge in [0.25, 0.3) is 0 Å². The lowest BCUT2D eigenvalue weighted by Gasteiger charge is -2.07. The molecule has 0 amide bonds. The predicted octanol–water partition coefficient (Wildman–Crippen LogP) is 4.75. The van der Waals surface area contributed by atoms with Crippen molar-refractivity contribution in [1.29, 1.82) is 0 Å². The molecule has 8 heteroatoms. The largest absolute Gasteiger partial charge is 0.420 e. The van der Waals surface area contributed by atoms with Crippen LogP contribution in [-0.4, -0.2) is 25.0 Å². The molecule has 2 heterocycles. The lowest BCUT2D eigenvalue weighted by atomic mass is 10.1. The van der Waals surface area contributed by atoms with Crippen molar-refractivity contribution in [2.75, 3.05) is 0 Å². The Kier molecular flexibility index (Phi) is 5.21. The number of aromatic nitrogens is 5. The molecular weight excluding hydrogens is 377 g/mol. The molecule has 0 atom stereocenters. The van der Waals surface area contributed by atoms with Crippen molar-refractivity contribution in [2.45, 2.75) is 31.3 Å². The minimum absolute atomic E-state index is 0.303. The Bertz CT molecular complexity index is 1090. The Balaban J connectivity index is 1.50. The summed E-state index contributed by atoms with van der Waals surface area (Å²) in [5.41, 5.74) is 2.90. The van der Waals surface area contributed by atoms with Crippen molar-refractivity contribution in [3.05, 3.63) is 65.8 Å². The van der Waals surface area contributed by atoms with Gasteiger partial charge in [0.05, 0.1) is 5.75 Å². The van der Waals surface area contributed by atoms with Crippen molar-refractivity contribution < 1.29 is 8.81 Å². The monoisotopic (exact) mass is 395 g/mol. The third-order valence-corrected chi connectivity index (χ3v) is 5.14. The summed E-state index contributed by atoms with van der Waals surface area (Å²) in [5, 5.41) is 17.6. The van der Waals surface area contributed by atoms with Gasteiger partial charge in [-0.25, -0.2) is 4.39 Å². The molecule has 0 unspecified atom stereocenters. The fourth-order valence-electron chi connectivity index (χ4n) is 2.83. The molecule has 0 fully saturated rings. The Morgan fingerprint density at radius 3 is 2.57 bits per heavy atom. The Morgan fingerprint density at radius 2 is 1.82 bits per heavy atom. The number of benzene rings is 2. The van der Waals surface area contributed by atoms with E-state index in [1.807, 2.05) is 12.1 Å². The Hall–Kier alpha value is -3.00. The van der Waals surface area contributed by atoms with Crippen LogP contribution in [0.4, 0.5) is 4.39 Å². The highest BCUT2D eigenvalue weighted by atomic mass is 32.2. The van der Waals surface area contributed by atoms with Crippen molar-refractivity contribution in [3.63, 3.8) is 0 Å². The molecule has 0 saturated carbocycles. The van der Waals surface area contributed by atoms with Crippen LogP contribution in [0.25, 0.3) is 22.8 Å². The number of halogens is 1. The van der Waals surface area contributed by atoms with Crippen LogP contribution in [0.3, 0.4) is 0 Å². The molecule has 142 valence electrons. The average Bonchev–Trinajstić information content (AvgIpc) is 3.33. The van der Waals surface area contributed by atoms with E-state index >= 15 is 0 Å². The molecule has 0 N–H and O–H groups in total. The average molecular weight is 395 g/mol. The number of hydrogen-bond donors (Lipinski definition) is 0.